The monoisotopic (exact) mass is 319 g/mol. The summed E-state index contributed by atoms with van der Waals surface area (Å²) >= 11 is 1.69. The van der Waals surface area contributed by atoms with E-state index in [1.807, 2.05) is 0 Å². The van der Waals surface area contributed by atoms with E-state index in [9.17, 15) is 0 Å². The van der Waals surface area contributed by atoms with E-state index >= 15 is 0 Å². The molecule has 2 aromatic heterocycles. The maximum Gasteiger partial charge on any atom is 0.138 e. The summed E-state index contributed by atoms with van der Waals surface area (Å²) in [5.41, 5.74) is 0. The van der Waals surface area contributed by atoms with E-state index in [4.69, 9.17) is 9.72 Å². The number of aromatic nitrogens is 2. The van der Waals surface area contributed by atoms with Crippen LogP contribution in [0.15, 0.2) is 11.4 Å². The van der Waals surface area contributed by atoms with Crippen LogP contribution in [-0.4, -0.2) is 28.2 Å². The van der Waals surface area contributed by atoms with Gasteiger partial charge in [-0.2, -0.15) is 0 Å². The average Bonchev–Trinajstić information content (AvgIpc) is 2.97. The molecule has 22 heavy (non-hydrogen) atoms. The van der Waals surface area contributed by atoms with Gasteiger partial charge in [0.05, 0.1) is 17.6 Å². The van der Waals surface area contributed by atoms with Gasteiger partial charge in [0.25, 0.3) is 0 Å². The van der Waals surface area contributed by atoms with Crippen LogP contribution in [0.3, 0.4) is 0 Å². The van der Waals surface area contributed by atoms with Crippen molar-refractivity contribution in [3.8, 4) is 0 Å². The molecule has 0 unspecified atom stereocenters. The highest BCUT2D eigenvalue weighted by molar-refractivity contribution is 7.16. The van der Waals surface area contributed by atoms with Gasteiger partial charge in [-0.15, -0.1) is 11.3 Å². The largest absolute Gasteiger partial charge is 0.376 e. The normalized spacial score (nSPS) is 22.4. The molecule has 1 fully saturated rings. The predicted octanol–water partition coefficient (Wildman–Crippen LogP) is 4.40. The van der Waals surface area contributed by atoms with Gasteiger partial charge in [0, 0.05) is 12.5 Å². The minimum Gasteiger partial charge on any atom is -0.376 e. The third-order valence-corrected chi connectivity index (χ3v) is 4.97. The second-order valence-corrected chi connectivity index (χ2v) is 7.18. The molecule has 5 heteroatoms. The zero-order valence-electron chi connectivity index (χ0n) is 13.6. The Morgan fingerprint density at radius 2 is 2.05 bits per heavy atom. The van der Waals surface area contributed by atoms with Crippen LogP contribution in [0.1, 0.15) is 52.3 Å². The molecule has 0 atom stereocenters. The SMILES string of the molecule is CCc1nc(NC2CCC(OC(C)C)CC2)c2ccsc2n1. The number of rotatable bonds is 5. The van der Waals surface area contributed by atoms with Crippen molar-refractivity contribution < 1.29 is 4.74 Å². The summed E-state index contributed by atoms with van der Waals surface area (Å²) < 4.78 is 5.93. The number of hydrogen-bond acceptors (Lipinski definition) is 5. The first-order valence-corrected chi connectivity index (χ1v) is 9.19. The molecule has 2 heterocycles. The van der Waals surface area contributed by atoms with Gasteiger partial charge in [0.2, 0.25) is 0 Å². The molecular formula is C17H25N3OS. The van der Waals surface area contributed by atoms with E-state index in [1.54, 1.807) is 11.3 Å². The Bertz CT molecular complexity index is 617. The van der Waals surface area contributed by atoms with Crippen LogP contribution in [-0.2, 0) is 11.2 Å². The number of hydrogen-bond donors (Lipinski definition) is 1. The molecule has 0 saturated heterocycles. The second-order valence-electron chi connectivity index (χ2n) is 6.28. The Labute approximate surface area is 136 Å². The lowest BCUT2D eigenvalue weighted by molar-refractivity contribution is -0.0133. The minimum atomic E-state index is 0.328. The van der Waals surface area contributed by atoms with Crippen LogP contribution in [0.4, 0.5) is 5.82 Å². The van der Waals surface area contributed by atoms with Crippen molar-refractivity contribution in [3.05, 3.63) is 17.3 Å². The van der Waals surface area contributed by atoms with Crippen LogP contribution in [0.25, 0.3) is 10.2 Å². The van der Waals surface area contributed by atoms with Gasteiger partial charge in [-0.3, -0.25) is 0 Å². The number of thiophene rings is 1. The van der Waals surface area contributed by atoms with E-state index in [1.165, 1.54) is 0 Å². The number of fused-ring (bicyclic) bond motifs is 1. The summed E-state index contributed by atoms with van der Waals surface area (Å²) in [4.78, 5) is 10.4. The molecule has 1 aliphatic rings. The summed E-state index contributed by atoms with van der Waals surface area (Å²) in [6, 6.07) is 2.62. The molecule has 0 aromatic carbocycles. The van der Waals surface area contributed by atoms with Gasteiger partial charge in [0.1, 0.15) is 16.5 Å². The molecule has 1 saturated carbocycles. The molecule has 0 bridgehead atoms. The Morgan fingerprint density at radius 1 is 1.27 bits per heavy atom. The number of aryl methyl sites for hydroxylation is 1. The van der Waals surface area contributed by atoms with Crippen molar-refractivity contribution in [2.75, 3.05) is 5.32 Å². The summed E-state index contributed by atoms with van der Waals surface area (Å²) in [5.74, 6) is 1.94. The number of ether oxygens (including phenoxy) is 1. The van der Waals surface area contributed by atoms with Gasteiger partial charge < -0.3 is 10.1 Å². The lowest BCUT2D eigenvalue weighted by Crippen LogP contribution is -2.31. The van der Waals surface area contributed by atoms with Gasteiger partial charge >= 0.3 is 0 Å². The van der Waals surface area contributed by atoms with Crippen molar-refractivity contribution in [1.82, 2.24) is 9.97 Å². The number of nitrogens with one attached hydrogen (secondary N) is 1. The Balaban J connectivity index is 1.68. The van der Waals surface area contributed by atoms with Gasteiger partial charge in [-0.25, -0.2) is 9.97 Å². The Morgan fingerprint density at radius 3 is 2.73 bits per heavy atom. The van der Waals surface area contributed by atoms with Crippen molar-refractivity contribution in [2.45, 2.75) is 71.1 Å². The molecular weight excluding hydrogens is 294 g/mol. The molecule has 1 N–H and O–H groups in total. The first-order valence-electron chi connectivity index (χ1n) is 8.31. The van der Waals surface area contributed by atoms with Crippen LogP contribution < -0.4 is 5.32 Å². The smallest absolute Gasteiger partial charge is 0.138 e. The van der Waals surface area contributed by atoms with Crippen LogP contribution in [0, 0.1) is 0 Å². The summed E-state index contributed by atoms with van der Waals surface area (Å²) in [6.45, 7) is 6.34. The van der Waals surface area contributed by atoms with Crippen LogP contribution >= 0.6 is 11.3 Å². The molecule has 120 valence electrons. The Kier molecular flexibility index (Phi) is 4.93. The molecule has 4 nitrogen and oxygen atoms in total. The first kappa shape index (κ1) is 15.7. The molecule has 0 radical (unpaired) electrons. The standard InChI is InChI=1S/C17H25N3OS/c1-4-15-19-16(14-9-10-22-17(14)20-15)18-12-5-7-13(8-6-12)21-11(2)3/h9-13H,4-8H2,1-3H3,(H,18,19,20). The number of nitrogens with zero attached hydrogens (tertiary/aromatic N) is 2. The lowest BCUT2D eigenvalue weighted by atomic mass is 9.93. The average molecular weight is 319 g/mol. The fourth-order valence-corrected chi connectivity index (χ4v) is 3.87. The second kappa shape index (κ2) is 6.92. The van der Waals surface area contributed by atoms with E-state index in [2.05, 4.69) is 42.5 Å². The Hall–Kier alpha value is -1.20. The quantitative estimate of drug-likeness (QED) is 0.887. The third kappa shape index (κ3) is 3.58. The predicted molar refractivity (Wildman–Crippen MR) is 92.7 cm³/mol. The first-order chi connectivity index (χ1) is 10.7. The summed E-state index contributed by atoms with van der Waals surface area (Å²) in [5, 5.41) is 6.91. The maximum atomic E-state index is 5.93. The minimum absolute atomic E-state index is 0.328. The van der Waals surface area contributed by atoms with Crippen molar-refractivity contribution in [2.24, 2.45) is 0 Å². The van der Waals surface area contributed by atoms with Gasteiger partial charge in [-0.05, 0) is 51.0 Å². The maximum absolute atomic E-state index is 5.93. The molecule has 0 amide bonds. The highest BCUT2D eigenvalue weighted by atomic mass is 32.1. The van der Waals surface area contributed by atoms with Crippen molar-refractivity contribution in [3.63, 3.8) is 0 Å². The van der Waals surface area contributed by atoms with Crippen molar-refractivity contribution in [1.29, 1.82) is 0 Å². The highest BCUT2D eigenvalue weighted by Crippen LogP contribution is 2.29. The van der Waals surface area contributed by atoms with E-state index in [0.717, 1.165) is 54.0 Å². The lowest BCUT2D eigenvalue weighted by Gasteiger charge is -2.30. The molecule has 0 aliphatic heterocycles. The highest BCUT2D eigenvalue weighted by Gasteiger charge is 2.23. The summed E-state index contributed by atoms with van der Waals surface area (Å²) in [7, 11) is 0. The fourth-order valence-electron chi connectivity index (χ4n) is 3.09. The molecule has 3 rings (SSSR count). The summed E-state index contributed by atoms with van der Waals surface area (Å²) in [6.07, 6.45) is 6.19. The van der Waals surface area contributed by atoms with Gasteiger partial charge in [0.15, 0.2) is 0 Å². The van der Waals surface area contributed by atoms with Crippen LogP contribution in [0.2, 0.25) is 0 Å². The number of anilines is 1. The van der Waals surface area contributed by atoms with E-state index in [-0.39, 0.29) is 0 Å². The van der Waals surface area contributed by atoms with Gasteiger partial charge in [-0.1, -0.05) is 6.92 Å². The zero-order valence-corrected chi connectivity index (χ0v) is 14.4. The topological polar surface area (TPSA) is 47.0 Å². The van der Waals surface area contributed by atoms with Crippen LogP contribution in [0.5, 0.6) is 0 Å². The zero-order chi connectivity index (χ0) is 15.5. The van der Waals surface area contributed by atoms with Crippen molar-refractivity contribution >= 4 is 27.4 Å². The fraction of sp³-hybridized carbons (Fsp3) is 0.647. The molecule has 0 spiro atoms. The molecule has 1 aliphatic carbocycles. The van der Waals surface area contributed by atoms with E-state index < -0.39 is 0 Å². The third-order valence-electron chi connectivity index (χ3n) is 4.17. The van der Waals surface area contributed by atoms with E-state index in [0.29, 0.717) is 18.2 Å². The molecule has 2 aromatic rings.